The van der Waals surface area contributed by atoms with Crippen molar-refractivity contribution in [2.24, 2.45) is 0 Å². The van der Waals surface area contributed by atoms with E-state index >= 15 is 0 Å². The van der Waals surface area contributed by atoms with E-state index in [0.29, 0.717) is 0 Å². The normalized spacial score (nSPS) is 11.6. The molecule has 7 heteroatoms. The molecule has 0 bridgehead atoms. The topological polar surface area (TPSA) is 34.9 Å². The average molecular weight is 333 g/mol. The van der Waals surface area contributed by atoms with E-state index in [9.17, 15) is 18.0 Å². The zero-order chi connectivity index (χ0) is 14.2. The molecule has 3 nitrogen and oxygen atoms in total. The van der Waals surface area contributed by atoms with Gasteiger partial charge < -0.3 is 0 Å². The van der Waals surface area contributed by atoms with Crippen LogP contribution in [0.15, 0.2) is 34.9 Å². The van der Waals surface area contributed by atoms with Crippen LogP contribution in [0.5, 0.6) is 0 Å². The van der Waals surface area contributed by atoms with Gasteiger partial charge in [-0.25, -0.2) is 4.68 Å². The Labute approximate surface area is 115 Å². The minimum Gasteiger partial charge on any atom is -0.294 e. The van der Waals surface area contributed by atoms with Gasteiger partial charge in [0.1, 0.15) is 0 Å². The number of Topliss-reactive ketones (excluding diaryl/α,β-unsaturated/α-hetero) is 1. The monoisotopic (exact) mass is 332 g/mol. The third-order valence-corrected chi connectivity index (χ3v) is 3.02. The Morgan fingerprint density at radius 2 is 1.84 bits per heavy atom. The number of halogens is 4. The summed E-state index contributed by atoms with van der Waals surface area (Å²) in [4.78, 5) is 11.3. The van der Waals surface area contributed by atoms with Crippen molar-refractivity contribution < 1.29 is 18.0 Å². The quantitative estimate of drug-likeness (QED) is 0.783. The fraction of sp³-hybridized carbons (Fsp3) is 0.167. The molecule has 0 amide bonds. The minimum absolute atomic E-state index is 0.239. The maximum absolute atomic E-state index is 13.0. The van der Waals surface area contributed by atoms with Crippen molar-refractivity contribution in [1.82, 2.24) is 9.78 Å². The number of carbonyl (C=O) groups excluding carboxylic acids is 1. The number of nitrogens with zero attached hydrogens (tertiary/aromatic N) is 2. The van der Waals surface area contributed by atoms with Gasteiger partial charge in [-0.3, -0.25) is 4.79 Å². The molecule has 2 rings (SSSR count). The first-order chi connectivity index (χ1) is 8.80. The second kappa shape index (κ2) is 4.80. The fourth-order valence-electron chi connectivity index (χ4n) is 1.66. The van der Waals surface area contributed by atoms with Gasteiger partial charge in [0.05, 0.1) is 17.4 Å². The Hall–Kier alpha value is -1.63. The van der Waals surface area contributed by atoms with Gasteiger partial charge in [-0.1, -0.05) is 15.9 Å². The Morgan fingerprint density at radius 3 is 2.32 bits per heavy atom. The van der Waals surface area contributed by atoms with E-state index in [1.54, 1.807) is 12.1 Å². The first kappa shape index (κ1) is 13.8. The van der Waals surface area contributed by atoms with Gasteiger partial charge in [0.2, 0.25) is 0 Å². The van der Waals surface area contributed by atoms with E-state index in [0.717, 1.165) is 22.3 Å². The van der Waals surface area contributed by atoms with Crippen LogP contribution in [0.3, 0.4) is 0 Å². The molecule has 0 radical (unpaired) electrons. The highest BCUT2D eigenvalue weighted by Gasteiger charge is 2.39. The number of hydrogen-bond donors (Lipinski definition) is 0. The largest absolute Gasteiger partial charge is 0.434 e. The lowest BCUT2D eigenvalue weighted by Crippen LogP contribution is -2.16. The molecule has 0 N–H and O–H groups in total. The van der Waals surface area contributed by atoms with Gasteiger partial charge in [-0.2, -0.15) is 18.3 Å². The molecule has 19 heavy (non-hydrogen) atoms. The maximum atomic E-state index is 13.0. The predicted molar refractivity (Wildman–Crippen MR) is 66.3 cm³/mol. The lowest BCUT2D eigenvalue weighted by Gasteiger charge is -2.11. The molecule has 0 fully saturated rings. The van der Waals surface area contributed by atoms with Crippen LogP contribution < -0.4 is 0 Å². The molecular formula is C12H8BrF3N2O. The van der Waals surface area contributed by atoms with Crippen LogP contribution in [0, 0.1) is 0 Å². The summed E-state index contributed by atoms with van der Waals surface area (Å²) in [5.74, 6) is -0.671. The highest BCUT2D eigenvalue weighted by molar-refractivity contribution is 9.10. The SMILES string of the molecule is CC(=O)c1cnn(-c2ccc(Br)cc2)c1C(F)(F)F. The summed E-state index contributed by atoms with van der Waals surface area (Å²) in [5, 5.41) is 3.66. The molecular weight excluding hydrogens is 325 g/mol. The third-order valence-electron chi connectivity index (χ3n) is 2.49. The van der Waals surface area contributed by atoms with Crippen LogP contribution in [0.1, 0.15) is 23.0 Å². The molecule has 1 heterocycles. The molecule has 0 saturated heterocycles. The smallest absolute Gasteiger partial charge is 0.294 e. The van der Waals surface area contributed by atoms with E-state index in [4.69, 9.17) is 0 Å². The number of ketones is 1. The van der Waals surface area contributed by atoms with E-state index in [2.05, 4.69) is 21.0 Å². The highest BCUT2D eigenvalue weighted by atomic mass is 79.9. The molecule has 0 saturated carbocycles. The van der Waals surface area contributed by atoms with Crippen molar-refractivity contribution in [2.45, 2.75) is 13.1 Å². The second-order valence-electron chi connectivity index (χ2n) is 3.85. The number of benzene rings is 1. The molecule has 1 aromatic heterocycles. The molecule has 2 aromatic rings. The Bertz CT molecular complexity index is 617. The summed E-state index contributed by atoms with van der Waals surface area (Å²) in [6, 6.07) is 6.17. The van der Waals surface area contributed by atoms with Gasteiger partial charge in [-0.05, 0) is 31.2 Å². The minimum atomic E-state index is -4.65. The van der Waals surface area contributed by atoms with Gasteiger partial charge in [0.25, 0.3) is 0 Å². The van der Waals surface area contributed by atoms with Crippen LogP contribution >= 0.6 is 15.9 Å². The second-order valence-corrected chi connectivity index (χ2v) is 4.76. The van der Waals surface area contributed by atoms with E-state index in [-0.39, 0.29) is 5.69 Å². The number of carbonyl (C=O) groups is 1. The van der Waals surface area contributed by atoms with Crippen molar-refractivity contribution in [3.05, 3.63) is 46.2 Å². The molecule has 1 aromatic carbocycles. The van der Waals surface area contributed by atoms with Gasteiger partial charge in [0.15, 0.2) is 11.5 Å². The van der Waals surface area contributed by atoms with Crippen molar-refractivity contribution >= 4 is 21.7 Å². The fourth-order valence-corrected chi connectivity index (χ4v) is 1.92. The summed E-state index contributed by atoms with van der Waals surface area (Å²) in [6.07, 6.45) is -3.71. The Kier molecular flexibility index (Phi) is 3.49. The molecule has 0 unspecified atom stereocenters. The predicted octanol–water partition coefficient (Wildman–Crippen LogP) is 3.86. The van der Waals surface area contributed by atoms with Crippen LogP contribution in [-0.2, 0) is 6.18 Å². The lowest BCUT2D eigenvalue weighted by molar-refractivity contribution is -0.143. The van der Waals surface area contributed by atoms with E-state index in [1.165, 1.54) is 12.1 Å². The standard InChI is InChI=1S/C12H8BrF3N2O/c1-7(19)10-6-17-18(11(10)12(14,15)16)9-4-2-8(13)3-5-9/h2-6H,1H3. The van der Waals surface area contributed by atoms with Crippen molar-refractivity contribution in [1.29, 1.82) is 0 Å². The molecule has 100 valence electrons. The van der Waals surface area contributed by atoms with Gasteiger partial charge in [0, 0.05) is 4.47 Å². The summed E-state index contributed by atoms with van der Waals surface area (Å²) in [6.45, 7) is 1.08. The molecule has 0 aliphatic heterocycles. The van der Waals surface area contributed by atoms with Gasteiger partial charge in [-0.15, -0.1) is 0 Å². The van der Waals surface area contributed by atoms with Crippen molar-refractivity contribution in [3.8, 4) is 5.69 Å². The van der Waals surface area contributed by atoms with Crippen LogP contribution in [-0.4, -0.2) is 15.6 Å². The number of aromatic nitrogens is 2. The van der Waals surface area contributed by atoms with Crippen LogP contribution in [0.25, 0.3) is 5.69 Å². The molecule has 0 aliphatic carbocycles. The average Bonchev–Trinajstić information content (AvgIpc) is 2.74. The summed E-state index contributed by atoms with van der Waals surface area (Å²) in [5.41, 5.74) is -1.25. The van der Waals surface area contributed by atoms with Crippen LogP contribution in [0.4, 0.5) is 13.2 Å². The lowest BCUT2D eigenvalue weighted by atomic mass is 10.1. The first-order valence-electron chi connectivity index (χ1n) is 5.23. The molecule has 0 spiro atoms. The highest BCUT2D eigenvalue weighted by Crippen LogP contribution is 2.33. The Balaban J connectivity index is 2.64. The number of hydrogen-bond acceptors (Lipinski definition) is 2. The summed E-state index contributed by atoms with van der Waals surface area (Å²) >= 11 is 3.20. The van der Waals surface area contributed by atoms with Crippen molar-refractivity contribution in [2.75, 3.05) is 0 Å². The molecule has 0 aliphatic rings. The third kappa shape index (κ3) is 2.70. The first-order valence-corrected chi connectivity index (χ1v) is 6.02. The molecule has 0 atom stereocenters. The summed E-state index contributed by atoms with van der Waals surface area (Å²) in [7, 11) is 0. The van der Waals surface area contributed by atoms with Crippen molar-refractivity contribution in [3.63, 3.8) is 0 Å². The maximum Gasteiger partial charge on any atom is 0.434 e. The van der Waals surface area contributed by atoms with E-state index in [1.807, 2.05) is 0 Å². The summed E-state index contributed by atoms with van der Waals surface area (Å²) < 4.78 is 40.6. The zero-order valence-electron chi connectivity index (χ0n) is 9.70. The van der Waals surface area contributed by atoms with E-state index < -0.39 is 23.2 Å². The number of alkyl halides is 3. The Morgan fingerprint density at radius 1 is 1.26 bits per heavy atom. The zero-order valence-corrected chi connectivity index (χ0v) is 11.3. The van der Waals surface area contributed by atoms with Crippen LogP contribution in [0.2, 0.25) is 0 Å². The van der Waals surface area contributed by atoms with Gasteiger partial charge >= 0.3 is 6.18 Å². The number of rotatable bonds is 2.